The molecule has 2 amide bonds. The average Bonchev–Trinajstić information content (AvgIpc) is 2.87. The number of carbonyl (C=O) groups excluding carboxylic acids is 2. The Morgan fingerprint density at radius 2 is 1.75 bits per heavy atom. The maximum absolute atomic E-state index is 13.8. The van der Waals surface area contributed by atoms with Crippen molar-refractivity contribution in [3.63, 3.8) is 0 Å². The second-order valence-corrected chi connectivity index (χ2v) is 5.75. The molecule has 1 aliphatic heterocycles. The average molecular weight is 331 g/mol. The summed E-state index contributed by atoms with van der Waals surface area (Å²) in [5, 5.41) is 3.72. The first-order valence-corrected chi connectivity index (χ1v) is 7.82. The molecule has 0 radical (unpaired) electrons. The SMILES string of the molecule is Cc1cc(C(=O)N2CCCN(C(=O)c3ccccc3F)CC2)on1. The van der Waals surface area contributed by atoms with Crippen LogP contribution < -0.4 is 0 Å². The lowest BCUT2D eigenvalue weighted by atomic mass is 10.2. The maximum Gasteiger partial charge on any atom is 0.292 e. The highest BCUT2D eigenvalue weighted by molar-refractivity contribution is 5.95. The van der Waals surface area contributed by atoms with Crippen molar-refractivity contribution >= 4 is 11.8 Å². The molecular weight excluding hydrogens is 313 g/mol. The molecule has 0 N–H and O–H groups in total. The molecule has 0 saturated carbocycles. The summed E-state index contributed by atoms with van der Waals surface area (Å²) in [6.45, 7) is 3.47. The molecule has 1 aliphatic rings. The highest BCUT2D eigenvalue weighted by Crippen LogP contribution is 2.14. The van der Waals surface area contributed by atoms with Gasteiger partial charge < -0.3 is 14.3 Å². The van der Waals surface area contributed by atoms with Gasteiger partial charge in [-0.2, -0.15) is 0 Å². The van der Waals surface area contributed by atoms with Gasteiger partial charge in [0.1, 0.15) is 5.82 Å². The van der Waals surface area contributed by atoms with Crippen LogP contribution in [-0.2, 0) is 0 Å². The first kappa shape index (κ1) is 16.2. The monoisotopic (exact) mass is 331 g/mol. The van der Waals surface area contributed by atoms with Gasteiger partial charge in [-0.1, -0.05) is 17.3 Å². The Balaban J connectivity index is 1.68. The van der Waals surface area contributed by atoms with Gasteiger partial charge in [0.05, 0.1) is 11.3 Å². The van der Waals surface area contributed by atoms with Gasteiger partial charge in [-0.3, -0.25) is 9.59 Å². The molecule has 1 saturated heterocycles. The lowest BCUT2D eigenvalue weighted by Gasteiger charge is -2.21. The molecule has 1 aromatic carbocycles. The van der Waals surface area contributed by atoms with Crippen molar-refractivity contribution < 1.29 is 18.5 Å². The standard InChI is InChI=1S/C17H18FN3O3/c1-12-11-15(24-19-12)17(23)21-8-4-7-20(9-10-21)16(22)13-5-2-3-6-14(13)18/h2-3,5-6,11H,4,7-10H2,1H3. The van der Waals surface area contributed by atoms with E-state index in [1.165, 1.54) is 12.1 Å². The number of nitrogens with zero attached hydrogens (tertiary/aromatic N) is 3. The van der Waals surface area contributed by atoms with E-state index in [1.54, 1.807) is 34.9 Å². The first-order chi connectivity index (χ1) is 11.6. The molecule has 0 unspecified atom stereocenters. The molecule has 0 spiro atoms. The van der Waals surface area contributed by atoms with Crippen LogP contribution in [0.3, 0.4) is 0 Å². The van der Waals surface area contributed by atoms with E-state index in [1.807, 2.05) is 0 Å². The van der Waals surface area contributed by atoms with E-state index in [4.69, 9.17) is 4.52 Å². The van der Waals surface area contributed by atoms with Crippen LogP contribution in [0.5, 0.6) is 0 Å². The van der Waals surface area contributed by atoms with E-state index in [0.29, 0.717) is 38.3 Å². The Labute approximate surface area is 138 Å². The van der Waals surface area contributed by atoms with Gasteiger partial charge >= 0.3 is 0 Å². The second kappa shape index (κ2) is 6.82. The zero-order valence-electron chi connectivity index (χ0n) is 13.4. The minimum Gasteiger partial charge on any atom is -0.351 e. The van der Waals surface area contributed by atoms with E-state index in [2.05, 4.69) is 5.16 Å². The Morgan fingerprint density at radius 1 is 1.08 bits per heavy atom. The van der Waals surface area contributed by atoms with E-state index in [9.17, 15) is 14.0 Å². The molecule has 126 valence electrons. The van der Waals surface area contributed by atoms with E-state index < -0.39 is 5.82 Å². The number of halogens is 1. The van der Waals surface area contributed by atoms with Gasteiger partial charge in [0.2, 0.25) is 5.76 Å². The highest BCUT2D eigenvalue weighted by Gasteiger charge is 2.26. The van der Waals surface area contributed by atoms with Crippen LogP contribution in [0.4, 0.5) is 4.39 Å². The number of benzene rings is 1. The molecule has 1 aromatic heterocycles. The third-order valence-electron chi connectivity index (χ3n) is 4.01. The van der Waals surface area contributed by atoms with Crippen molar-refractivity contribution in [2.75, 3.05) is 26.2 Å². The molecule has 7 heteroatoms. The summed E-state index contributed by atoms with van der Waals surface area (Å²) in [4.78, 5) is 28.1. The number of amides is 2. The van der Waals surface area contributed by atoms with Gasteiger partial charge in [0.15, 0.2) is 0 Å². The molecule has 1 fully saturated rings. The summed E-state index contributed by atoms with van der Waals surface area (Å²) in [5.41, 5.74) is 0.702. The van der Waals surface area contributed by atoms with Crippen LogP contribution in [0.25, 0.3) is 0 Å². The van der Waals surface area contributed by atoms with Crippen LogP contribution in [0.2, 0.25) is 0 Å². The highest BCUT2D eigenvalue weighted by atomic mass is 19.1. The van der Waals surface area contributed by atoms with Crippen LogP contribution in [-0.4, -0.2) is 52.9 Å². The normalized spacial score (nSPS) is 15.2. The van der Waals surface area contributed by atoms with Crippen molar-refractivity contribution in [1.82, 2.24) is 15.0 Å². The molecule has 0 atom stereocenters. The fourth-order valence-electron chi connectivity index (χ4n) is 2.75. The Bertz CT molecular complexity index is 759. The Morgan fingerprint density at radius 3 is 2.38 bits per heavy atom. The minimum atomic E-state index is -0.531. The van der Waals surface area contributed by atoms with Crippen LogP contribution >= 0.6 is 0 Å². The zero-order valence-corrected chi connectivity index (χ0v) is 13.4. The van der Waals surface area contributed by atoms with Crippen molar-refractivity contribution in [2.24, 2.45) is 0 Å². The summed E-state index contributed by atoms with van der Waals surface area (Å²) in [5.74, 6) is -0.924. The molecule has 6 nitrogen and oxygen atoms in total. The number of aryl methyl sites for hydroxylation is 1. The summed E-state index contributed by atoms with van der Waals surface area (Å²) in [6.07, 6.45) is 0.624. The Kier molecular flexibility index (Phi) is 4.59. The predicted octanol–water partition coefficient (Wildman–Crippen LogP) is 2.11. The van der Waals surface area contributed by atoms with Crippen LogP contribution in [0.15, 0.2) is 34.9 Å². The fraction of sp³-hybridized carbons (Fsp3) is 0.353. The van der Waals surface area contributed by atoms with E-state index >= 15 is 0 Å². The molecule has 3 rings (SSSR count). The third kappa shape index (κ3) is 3.29. The number of hydrogen-bond donors (Lipinski definition) is 0. The number of carbonyl (C=O) groups is 2. The topological polar surface area (TPSA) is 66.7 Å². The molecule has 2 heterocycles. The van der Waals surface area contributed by atoms with Gasteiger partial charge in [-0.05, 0) is 25.5 Å². The quantitative estimate of drug-likeness (QED) is 0.845. The molecule has 0 bridgehead atoms. The van der Waals surface area contributed by atoms with Crippen molar-refractivity contribution in [3.05, 3.63) is 53.2 Å². The van der Waals surface area contributed by atoms with E-state index in [0.717, 1.165) is 0 Å². The Hall–Kier alpha value is -2.70. The van der Waals surface area contributed by atoms with E-state index in [-0.39, 0.29) is 23.1 Å². The van der Waals surface area contributed by atoms with Gasteiger partial charge in [-0.25, -0.2) is 4.39 Å². The zero-order chi connectivity index (χ0) is 17.1. The van der Waals surface area contributed by atoms with Gasteiger partial charge in [-0.15, -0.1) is 0 Å². The summed E-state index contributed by atoms with van der Waals surface area (Å²) in [7, 11) is 0. The second-order valence-electron chi connectivity index (χ2n) is 5.75. The summed E-state index contributed by atoms with van der Waals surface area (Å²) in [6, 6.07) is 7.52. The smallest absolute Gasteiger partial charge is 0.292 e. The van der Waals surface area contributed by atoms with Crippen LogP contribution in [0, 0.1) is 12.7 Å². The molecule has 24 heavy (non-hydrogen) atoms. The molecule has 2 aromatic rings. The number of rotatable bonds is 2. The summed E-state index contributed by atoms with van der Waals surface area (Å²) >= 11 is 0. The van der Waals surface area contributed by atoms with Crippen LogP contribution in [0.1, 0.15) is 33.0 Å². The largest absolute Gasteiger partial charge is 0.351 e. The van der Waals surface area contributed by atoms with Crippen molar-refractivity contribution in [1.29, 1.82) is 0 Å². The first-order valence-electron chi connectivity index (χ1n) is 7.82. The lowest BCUT2D eigenvalue weighted by molar-refractivity contribution is 0.0691. The third-order valence-corrected chi connectivity index (χ3v) is 4.01. The van der Waals surface area contributed by atoms with Gasteiger partial charge in [0.25, 0.3) is 11.8 Å². The predicted molar refractivity (Wildman–Crippen MR) is 84.1 cm³/mol. The number of aromatic nitrogens is 1. The van der Waals surface area contributed by atoms with Crippen molar-refractivity contribution in [2.45, 2.75) is 13.3 Å². The molecule has 0 aliphatic carbocycles. The summed E-state index contributed by atoms with van der Waals surface area (Å²) < 4.78 is 18.8. The fourth-order valence-corrected chi connectivity index (χ4v) is 2.75. The maximum atomic E-state index is 13.8. The molecular formula is C17H18FN3O3. The number of hydrogen-bond acceptors (Lipinski definition) is 4. The lowest BCUT2D eigenvalue weighted by Crippen LogP contribution is -2.37. The van der Waals surface area contributed by atoms with Crippen molar-refractivity contribution in [3.8, 4) is 0 Å². The van der Waals surface area contributed by atoms with Gasteiger partial charge in [0, 0.05) is 32.2 Å². The minimum absolute atomic E-state index is 0.0585.